The van der Waals surface area contributed by atoms with Gasteiger partial charge in [-0.2, -0.15) is 0 Å². The lowest BCUT2D eigenvalue weighted by atomic mass is 9.90. The number of rotatable bonds is 2. The van der Waals surface area contributed by atoms with Gasteiger partial charge in [0.05, 0.1) is 0 Å². The van der Waals surface area contributed by atoms with E-state index >= 15 is 0 Å². The highest BCUT2D eigenvalue weighted by Gasteiger charge is 2.24. The van der Waals surface area contributed by atoms with Crippen LogP contribution in [0.15, 0.2) is 4.42 Å². The summed E-state index contributed by atoms with van der Waals surface area (Å²) >= 11 is 0. The number of hydrogen-bond acceptors (Lipinski definition) is 3. The van der Waals surface area contributed by atoms with Crippen LogP contribution in [0.4, 0.5) is 0 Å². The Hall–Kier alpha value is -0.860. The van der Waals surface area contributed by atoms with Crippen LogP contribution in [0.5, 0.6) is 0 Å². The fourth-order valence-corrected chi connectivity index (χ4v) is 0.721. The van der Waals surface area contributed by atoms with E-state index in [1.54, 1.807) is 0 Å². The highest BCUT2D eigenvalue weighted by atomic mass is 16.4. The zero-order valence-corrected chi connectivity index (χ0v) is 9.51. The van der Waals surface area contributed by atoms with Gasteiger partial charge in [0, 0.05) is 12.3 Å². The van der Waals surface area contributed by atoms with Crippen molar-refractivity contribution in [3.63, 3.8) is 0 Å². The molecule has 13 heavy (non-hydrogen) atoms. The third-order valence-electron chi connectivity index (χ3n) is 1.99. The number of aromatic nitrogens is 2. The summed E-state index contributed by atoms with van der Waals surface area (Å²) in [6.45, 7) is 12.1. The minimum absolute atomic E-state index is 0.0151. The molecule has 0 saturated carbocycles. The average molecular weight is 184 g/mol. The molecule has 1 rings (SSSR count). The molecule has 0 atom stereocenters. The van der Waals surface area contributed by atoms with E-state index in [1.165, 1.54) is 0 Å². The molecular formula is C10H20N2O. The first-order valence-corrected chi connectivity index (χ1v) is 4.87. The summed E-state index contributed by atoms with van der Waals surface area (Å²) in [5.74, 6) is 1.37. The second-order valence-corrected chi connectivity index (χ2v) is 3.36. The van der Waals surface area contributed by atoms with Crippen LogP contribution in [-0.2, 0) is 5.41 Å². The van der Waals surface area contributed by atoms with Crippen molar-refractivity contribution >= 4 is 0 Å². The molecule has 1 aromatic heterocycles. The SMILES string of the molecule is CC.CCC(C)(C)c1nnc(C)o1. The second kappa shape index (κ2) is 5.00. The minimum Gasteiger partial charge on any atom is -0.425 e. The van der Waals surface area contributed by atoms with Crippen LogP contribution in [0.1, 0.15) is 52.8 Å². The third kappa shape index (κ3) is 3.17. The number of hydrogen-bond donors (Lipinski definition) is 0. The van der Waals surface area contributed by atoms with Gasteiger partial charge in [-0.05, 0) is 6.42 Å². The summed E-state index contributed by atoms with van der Waals surface area (Å²) in [7, 11) is 0. The van der Waals surface area contributed by atoms with Crippen LogP contribution in [-0.4, -0.2) is 10.2 Å². The maximum absolute atomic E-state index is 5.32. The quantitative estimate of drug-likeness (QED) is 0.709. The lowest BCUT2D eigenvalue weighted by Crippen LogP contribution is -2.15. The lowest BCUT2D eigenvalue weighted by molar-refractivity contribution is 0.350. The Morgan fingerprint density at radius 1 is 1.23 bits per heavy atom. The monoisotopic (exact) mass is 184 g/mol. The topological polar surface area (TPSA) is 38.9 Å². The molecule has 3 heteroatoms. The molecule has 3 nitrogen and oxygen atoms in total. The Bertz CT molecular complexity index is 241. The van der Waals surface area contributed by atoms with Gasteiger partial charge in [0.1, 0.15) is 0 Å². The van der Waals surface area contributed by atoms with Crippen molar-refractivity contribution < 1.29 is 4.42 Å². The predicted octanol–water partition coefficient (Wildman–Crippen LogP) is 3.09. The molecule has 0 radical (unpaired) electrons. The molecule has 76 valence electrons. The Balaban J connectivity index is 0.000000671. The largest absolute Gasteiger partial charge is 0.425 e. The maximum atomic E-state index is 5.32. The molecular weight excluding hydrogens is 164 g/mol. The van der Waals surface area contributed by atoms with Crippen LogP contribution in [0, 0.1) is 6.92 Å². The molecule has 0 aliphatic rings. The maximum Gasteiger partial charge on any atom is 0.222 e. The Labute approximate surface area is 80.6 Å². The average Bonchev–Trinajstić information content (AvgIpc) is 2.56. The Morgan fingerprint density at radius 3 is 2.08 bits per heavy atom. The van der Waals surface area contributed by atoms with Gasteiger partial charge in [-0.15, -0.1) is 10.2 Å². The van der Waals surface area contributed by atoms with E-state index in [1.807, 2.05) is 20.8 Å². The zero-order valence-electron chi connectivity index (χ0n) is 9.51. The van der Waals surface area contributed by atoms with Crippen LogP contribution >= 0.6 is 0 Å². The van der Waals surface area contributed by atoms with Crippen LogP contribution in [0.3, 0.4) is 0 Å². The van der Waals surface area contributed by atoms with E-state index in [0.717, 1.165) is 12.3 Å². The highest BCUT2D eigenvalue weighted by Crippen LogP contribution is 2.24. The van der Waals surface area contributed by atoms with Gasteiger partial charge >= 0.3 is 0 Å². The molecule has 0 fully saturated rings. The van der Waals surface area contributed by atoms with Crippen molar-refractivity contribution in [2.45, 2.75) is 53.4 Å². The Morgan fingerprint density at radius 2 is 1.77 bits per heavy atom. The summed E-state index contributed by atoms with van der Waals surface area (Å²) in [5, 5.41) is 7.76. The molecule has 1 heterocycles. The molecule has 0 amide bonds. The van der Waals surface area contributed by atoms with E-state index in [4.69, 9.17) is 4.42 Å². The molecule has 0 N–H and O–H groups in total. The molecule has 0 spiro atoms. The zero-order chi connectivity index (χ0) is 10.5. The molecule has 1 aromatic rings. The molecule has 0 saturated heterocycles. The molecule has 0 unspecified atom stereocenters. The molecule has 0 aromatic carbocycles. The Kier molecular flexibility index (Phi) is 4.67. The van der Waals surface area contributed by atoms with Crippen molar-refractivity contribution in [2.24, 2.45) is 0 Å². The van der Waals surface area contributed by atoms with Gasteiger partial charge in [-0.25, -0.2) is 0 Å². The van der Waals surface area contributed by atoms with E-state index in [-0.39, 0.29) is 5.41 Å². The third-order valence-corrected chi connectivity index (χ3v) is 1.99. The van der Waals surface area contributed by atoms with E-state index < -0.39 is 0 Å². The van der Waals surface area contributed by atoms with Crippen molar-refractivity contribution in [3.05, 3.63) is 11.8 Å². The van der Waals surface area contributed by atoms with Gasteiger partial charge in [-0.1, -0.05) is 34.6 Å². The summed E-state index contributed by atoms with van der Waals surface area (Å²) in [4.78, 5) is 0. The second-order valence-electron chi connectivity index (χ2n) is 3.36. The highest BCUT2D eigenvalue weighted by molar-refractivity contribution is 4.97. The van der Waals surface area contributed by atoms with E-state index in [9.17, 15) is 0 Å². The predicted molar refractivity (Wildman–Crippen MR) is 53.7 cm³/mol. The summed E-state index contributed by atoms with van der Waals surface area (Å²) in [6.07, 6.45) is 1.01. The van der Waals surface area contributed by atoms with Crippen molar-refractivity contribution in [3.8, 4) is 0 Å². The fourth-order valence-electron chi connectivity index (χ4n) is 0.721. The lowest BCUT2D eigenvalue weighted by Gasteiger charge is -2.16. The van der Waals surface area contributed by atoms with Crippen LogP contribution in [0.2, 0.25) is 0 Å². The summed E-state index contributed by atoms with van der Waals surface area (Å²) in [5.41, 5.74) is 0.0151. The normalized spacial score (nSPS) is 10.6. The van der Waals surface area contributed by atoms with Gasteiger partial charge in [-0.3, -0.25) is 0 Å². The first-order valence-electron chi connectivity index (χ1n) is 4.87. The van der Waals surface area contributed by atoms with Gasteiger partial charge in [0.15, 0.2) is 0 Å². The number of nitrogens with zero attached hydrogens (tertiary/aromatic N) is 2. The van der Waals surface area contributed by atoms with Gasteiger partial charge in [0.2, 0.25) is 11.8 Å². The van der Waals surface area contributed by atoms with Crippen LogP contribution in [0.25, 0.3) is 0 Å². The standard InChI is InChI=1S/C8H14N2O.C2H6/c1-5-8(3,4)7-10-9-6(2)11-7;1-2/h5H2,1-4H3;1-2H3. The molecule has 0 bridgehead atoms. The first kappa shape index (κ1) is 12.1. The molecule has 0 aliphatic carbocycles. The first-order chi connectivity index (χ1) is 6.06. The van der Waals surface area contributed by atoms with Crippen molar-refractivity contribution in [1.82, 2.24) is 10.2 Å². The van der Waals surface area contributed by atoms with E-state index in [0.29, 0.717) is 5.89 Å². The fraction of sp³-hybridized carbons (Fsp3) is 0.800. The van der Waals surface area contributed by atoms with E-state index in [2.05, 4.69) is 31.0 Å². The molecule has 0 aliphatic heterocycles. The summed E-state index contributed by atoms with van der Waals surface area (Å²) < 4.78 is 5.32. The van der Waals surface area contributed by atoms with Crippen LogP contribution < -0.4 is 0 Å². The smallest absolute Gasteiger partial charge is 0.222 e. The van der Waals surface area contributed by atoms with Crippen molar-refractivity contribution in [1.29, 1.82) is 0 Å². The van der Waals surface area contributed by atoms with Gasteiger partial charge < -0.3 is 4.42 Å². The van der Waals surface area contributed by atoms with Crippen molar-refractivity contribution in [2.75, 3.05) is 0 Å². The summed E-state index contributed by atoms with van der Waals surface area (Å²) in [6, 6.07) is 0. The minimum atomic E-state index is 0.0151. The number of aryl methyl sites for hydroxylation is 1. The van der Waals surface area contributed by atoms with Gasteiger partial charge in [0.25, 0.3) is 0 Å².